The first-order valence-electron chi connectivity index (χ1n) is 4.41. The first-order valence-corrected chi connectivity index (χ1v) is 5.20. The van der Waals surface area contributed by atoms with E-state index in [1.807, 2.05) is 0 Å². The molecule has 1 heterocycles. The molecule has 2 rings (SSSR count). The number of hydrogen-bond acceptors (Lipinski definition) is 1. The maximum absolute atomic E-state index is 12.2. The summed E-state index contributed by atoms with van der Waals surface area (Å²) in [4.78, 5) is 0. The Balaban J connectivity index is 2.52. The van der Waals surface area contributed by atoms with Gasteiger partial charge in [-0.15, -0.1) is 0 Å². The van der Waals surface area contributed by atoms with Crippen molar-refractivity contribution in [2.75, 3.05) is 0 Å². The summed E-state index contributed by atoms with van der Waals surface area (Å²) in [6, 6.07) is 4.89. The summed E-state index contributed by atoms with van der Waals surface area (Å²) >= 11 is 3.21. The van der Waals surface area contributed by atoms with Crippen molar-refractivity contribution < 1.29 is 18.3 Å². The van der Waals surface area contributed by atoms with Gasteiger partial charge in [0, 0.05) is 21.4 Å². The summed E-state index contributed by atoms with van der Waals surface area (Å²) in [5.74, 6) is -0.361. The van der Waals surface area contributed by atoms with Gasteiger partial charge in [-0.1, -0.05) is 15.9 Å². The van der Waals surface area contributed by atoms with Crippen LogP contribution in [0.3, 0.4) is 0 Å². The molecule has 0 aliphatic heterocycles. The van der Waals surface area contributed by atoms with Crippen LogP contribution in [-0.2, 0) is 6.54 Å². The summed E-state index contributed by atoms with van der Waals surface area (Å²) in [6.07, 6.45) is -3.06. The molecule has 16 heavy (non-hydrogen) atoms. The fourth-order valence-electron chi connectivity index (χ4n) is 1.54. The van der Waals surface area contributed by atoms with Crippen molar-refractivity contribution in [3.8, 4) is 5.88 Å². The van der Waals surface area contributed by atoms with Crippen LogP contribution in [0.1, 0.15) is 0 Å². The molecule has 2 aromatic rings. The van der Waals surface area contributed by atoms with Gasteiger partial charge in [0.05, 0.1) is 0 Å². The lowest BCUT2D eigenvalue weighted by Crippen LogP contribution is -2.16. The fraction of sp³-hybridized carbons (Fsp3) is 0.200. The molecular weight excluding hydrogens is 287 g/mol. The van der Waals surface area contributed by atoms with E-state index in [9.17, 15) is 18.3 Å². The summed E-state index contributed by atoms with van der Waals surface area (Å²) in [7, 11) is 0. The van der Waals surface area contributed by atoms with Crippen molar-refractivity contribution in [2.24, 2.45) is 0 Å². The Hall–Kier alpha value is -1.17. The van der Waals surface area contributed by atoms with Crippen LogP contribution in [0.5, 0.6) is 5.88 Å². The van der Waals surface area contributed by atoms with Gasteiger partial charge in [-0.2, -0.15) is 13.2 Å². The minimum atomic E-state index is -4.34. The number of hydrogen-bond donors (Lipinski definition) is 1. The first kappa shape index (κ1) is 11.3. The molecule has 0 aliphatic rings. The van der Waals surface area contributed by atoms with Crippen LogP contribution in [0.2, 0.25) is 0 Å². The third kappa shape index (κ3) is 2.16. The Morgan fingerprint density at radius 3 is 2.62 bits per heavy atom. The minimum Gasteiger partial charge on any atom is -0.494 e. The van der Waals surface area contributed by atoms with Gasteiger partial charge in [0.2, 0.25) is 0 Å². The van der Waals surface area contributed by atoms with Gasteiger partial charge >= 0.3 is 6.18 Å². The smallest absolute Gasteiger partial charge is 0.406 e. The number of halogens is 4. The Morgan fingerprint density at radius 1 is 1.31 bits per heavy atom. The van der Waals surface area contributed by atoms with E-state index in [2.05, 4.69) is 15.9 Å². The molecule has 0 aliphatic carbocycles. The van der Waals surface area contributed by atoms with E-state index in [4.69, 9.17) is 0 Å². The number of rotatable bonds is 1. The van der Waals surface area contributed by atoms with Crippen LogP contribution < -0.4 is 0 Å². The summed E-state index contributed by atoms with van der Waals surface area (Å²) < 4.78 is 38.1. The molecule has 0 saturated carbocycles. The van der Waals surface area contributed by atoms with Gasteiger partial charge in [-0.05, 0) is 18.2 Å². The summed E-state index contributed by atoms with van der Waals surface area (Å²) in [5, 5.41) is 10.6. The standard InChI is InChI=1S/C10H7BrF3NO/c11-7-1-2-8-6(3-7)4-15(9(8)16)5-10(12,13)14/h1-4,16H,5H2. The van der Waals surface area contributed by atoms with Crippen molar-refractivity contribution in [1.29, 1.82) is 0 Å². The highest BCUT2D eigenvalue weighted by Gasteiger charge is 2.29. The lowest BCUT2D eigenvalue weighted by atomic mass is 10.2. The van der Waals surface area contributed by atoms with E-state index < -0.39 is 12.7 Å². The van der Waals surface area contributed by atoms with Crippen molar-refractivity contribution in [3.63, 3.8) is 0 Å². The lowest BCUT2D eigenvalue weighted by Gasteiger charge is -2.07. The molecule has 0 fully saturated rings. The second kappa shape index (κ2) is 3.69. The number of nitrogens with zero attached hydrogens (tertiary/aromatic N) is 1. The maximum Gasteiger partial charge on any atom is 0.406 e. The van der Waals surface area contributed by atoms with Crippen LogP contribution in [0.15, 0.2) is 28.9 Å². The van der Waals surface area contributed by atoms with Crippen molar-refractivity contribution in [1.82, 2.24) is 4.57 Å². The van der Waals surface area contributed by atoms with Crippen molar-refractivity contribution in [2.45, 2.75) is 12.7 Å². The number of benzene rings is 1. The van der Waals surface area contributed by atoms with Crippen LogP contribution in [0, 0.1) is 0 Å². The van der Waals surface area contributed by atoms with E-state index >= 15 is 0 Å². The van der Waals surface area contributed by atoms with E-state index in [-0.39, 0.29) is 5.88 Å². The van der Waals surface area contributed by atoms with Crippen LogP contribution >= 0.6 is 15.9 Å². The number of alkyl halides is 3. The van der Waals surface area contributed by atoms with Gasteiger partial charge in [-0.3, -0.25) is 0 Å². The number of fused-ring (bicyclic) bond motifs is 1. The Labute approximate surface area is 97.4 Å². The highest BCUT2D eigenvalue weighted by atomic mass is 79.9. The van der Waals surface area contributed by atoms with Gasteiger partial charge < -0.3 is 9.67 Å². The third-order valence-electron chi connectivity index (χ3n) is 2.17. The quantitative estimate of drug-likeness (QED) is 0.853. The average Bonchev–Trinajstić information content (AvgIpc) is 2.40. The van der Waals surface area contributed by atoms with Gasteiger partial charge in [0.15, 0.2) is 5.88 Å². The molecule has 1 aromatic heterocycles. The Morgan fingerprint density at radius 2 is 2.00 bits per heavy atom. The molecular formula is C10H7BrF3NO. The molecule has 2 nitrogen and oxygen atoms in total. The van der Waals surface area contributed by atoms with Crippen LogP contribution in [0.25, 0.3) is 10.8 Å². The SMILES string of the molecule is Oc1c2ccc(Br)cc2cn1CC(F)(F)F. The highest BCUT2D eigenvalue weighted by molar-refractivity contribution is 9.10. The molecule has 0 bridgehead atoms. The van der Waals surface area contributed by atoms with E-state index in [1.54, 1.807) is 18.2 Å². The van der Waals surface area contributed by atoms with Crippen molar-refractivity contribution >= 4 is 26.7 Å². The third-order valence-corrected chi connectivity index (χ3v) is 2.66. The second-order valence-corrected chi connectivity index (χ2v) is 4.34. The molecule has 6 heteroatoms. The monoisotopic (exact) mass is 293 g/mol. The topological polar surface area (TPSA) is 25.2 Å². The molecule has 0 saturated heterocycles. The first-order chi connectivity index (χ1) is 7.37. The number of aromatic hydroxyl groups is 1. The predicted molar refractivity (Wildman–Crippen MR) is 57.4 cm³/mol. The zero-order valence-electron chi connectivity index (χ0n) is 7.92. The lowest BCUT2D eigenvalue weighted by molar-refractivity contribution is -0.141. The fourth-order valence-corrected chi connectivity index (χ4v) is 1.92. The zero-order chi connectivity index (χ0) is 11.9. The molecule has 1 aromatic carbocycles. The zero-order valence-corrected chi connectivity index (χ0v) is 9.51. The van der Waals surface area contributed by atoms with E-state index in [0.717, 1.165) is 9.04 Å². The molecule has 86 valence electrons. The largest absolute Gasteiger partial charge is 0.494 e. The molecule has 0 spiro atoms. The average molecular weight is 294 g/mol. The number of aromatic nitrogens is 1. The normalized spacial score (nSPS) is 12.2. The van der Waals surface area contributed by atoms with E-state index in [0.29, 0.717) is 10.8 Å². The molecule has 0 atom stereocenters. The maximum atomic E-state index is 12.2. The minimum absolute atomic E-state index is 0.361. The van der Waals surface area contributed by atoms with Gasteiger partial charge in [0.25, 0.3) is 0 Å². The van der Waals surface area contributed by atoms with Crippen molar-refractivity contribution in [3.05, 3.63) is 28.9 Å². The Kier molecular flexibility index (Phi) is 2.61. The summed E-state index contributed by atoms with van der Waals surface area (Å²) in [6.45, 7) is -1.19. The molecule has 1 N–H and O–H groups in total. The molecule has 0 unspecified atom stereocenters. The highest BCUT2D eigenvalue weighted by Crippen LogP contribution is 2.31. The second-order valence-electron chi connectivity index (χ2n) is 3.43. The molecule has 0 amide bonds. The molecule has 0 radical (unpaired) electrons. The van der Waals surface area contributed by atoms with Crippen LogP contribution in [0.4, 0.5) is 13.2 Å². The van der Waals surface area contributed by atoms with Gasteiger partial charge in [0.1, 0.15) is 6.54 Å². The Bertz CT molecular complexity index is 533. The summed E-state index contributed by atoms with van der Waals surface area (Å²) in [5.41, 5.74) is 0. The predicted octanol–water partition coefficient (Wildman–Crippen LogP) is 3.67. The van der Waals surface area contributed by atoms with E-state index in [1.165, 1.54) is 6.20 Å². The van der Waals surface area contributed by atoms with Gasteiger partial charge in [-0.25, -0.2) is 0 Å². The van der Waals surface area contributed by atoms with Crippen LogP contribution in [-0.4, -0.2) is 15.8 Å².